The summed E-state index contributed by atoms with van der Waals surface area (Å²) in [5.74, 6) is -0.399. The predicted molar refractivity (Wildman–Crippen MR) is 144 cm³/mol. The Hall–Kier alpha value is -2.72. The molecule has 1 aromatic rings. The number of likely N-dealkylation sites (tertiary alicyclic amines) is 1. The Morgan fingerprint density at radius 1 is 1.14 bits per heavy atom. The van der Waals surface area contributed by atoms with Crippen molar-refractivity contribution in [1.82, 2.24) is 10.2 Å². The fourth-order valence-electron chi connectivity index (χ4n) is 4.67. The van der Waals surface area contributed by atoms with Gasteiger partial charge in [-0.2, -0.15) is 0 Å². The van der Waals surface area contributed by atoms with Gasteiger partial charge in [-0.15, -0.1) is 0 Å². The van der Waals surface area contributed by atoms with Gasteiger partial charge in [0.05, 0.1) is 30.0 Å². The number of amides is 2. The zero-order valence-corrected chi connectivity index (χ0v) is 23.5. The number of nitrogens with one attached hydrogen (secondary N) is 1. The fourth-order valence-corrected chi connectivity index (χ4v) is 4.67. The molecule has 0 bridgehead atoms. The Bertz CT molecular complexity index is 1070. The molecule has 202 valence electrons. The minimum Gasteiger partial charge on any atom is -0.453 e. The van der Waals surface area contributed by atoms with Gasteiger partial charge >= 0.3 is 13.2 Å². The Balaban J connectivity index is 1.87. The highest BCUT2D eigenvalue weighted by molar-refractivity contribution is 6.62. The van der Waals surface area contributed by atoms with Gasteiger partial charge in [-0.1, -0.05) is 19.9 Å². The molecule has 10 heteroatoms. The molecule has 3 rings (SSSR count). The van der Waals surface area contributed by atoms with E-state index in [9.17, 15) is 14.4 Å². The van der Waals surface area contributed by atoms with Crippen molar-refractivity contribution < 1.29 is 28.4 Å². The van der Waals surface area contributed by atoms with Crippen LogP contribution >= 0.6 is 0 Å². The summed E-state index contributed by atoms with van der Waals surface area (Å²) in [7, 11) is 0.692. The Kier molecular flexibility index (Phi) is 8.54. The molecule has 2 aliphatic rings. The molecule has 2 aliphatic heterocycles. The molecule has 2 atom stereocenters. The van der Waals surface area contributed by atoms with Crippen LogP contribution in [0.2, 0.25) is 0 Å². The average Bonchev–Trinajstić information content (AvgIpc) is 3.38. The zero-order valence-electron chi connectivity index (χ0n) is 23.5. The second kappa shape index (κ2) is 11.0. The third-order valence-corrected chi connectivity index (χ3v) is 7.63. The van der Waals surface area contributed by atoms with Crippen LogP contribution in [0.15, 0.2) is 23.2 Å². The summed E-state index contributed by atoms with van der Waals surface area (Å²) in [6.45, 7) is 15.7. The first-order chi connectivity index (χ1) is 17.2. The highest BCUT2D eigenvalue weighted by atomic mass is 16.7. The van der Waals surface area contributed by atoms with Gasteiger partial charge in [-0.05, 0) is 77.9 Å². The van der Waals surface area contributed by atoms with E-state index in [1.807, 2.05) is 54.5 Å². The van der Waals surface area contributed by atoms with Crippen LogP contribution in [0.5, 0.6) is 0 Å². The summed E-state index contributed by atoms with van der Waals surface area (Å²) in [5.41, 5.74) is 1.52. The van der Waals surface area contributed by atoms with Crippen LogP contribution in [0.4, 0.5) is 10.5 Å². The molecule has 2 saturated heterocycles. The molecule has 0 unspecified atom stereocenters. The third kappa shape index (κ3) is 6.07. The van der Waals surface area contributed by atoms with Gasteiger partial charge in [0, 0.05) is 17.8 Å². The standard InChI is InChI=1S/C27H40BN3O6/c1-16(2)23(30-25(34)35-9)24(33)31-14-10-11-22(31)17(3)29-21-13-12-19(15-20(21)18(4)32)28-36-26(5,6)27(7,8)37-28/h12-13,15-16,22-23H,10-11,14H2,1-9H3,(H,30,34)/b29-17+/t22-,23-/m0/s1. The van der Waals surface area contributed by atoms with Crippen molar-refractivity contribution in [3.8, 4) is 0 Å². The Morgan fingerprint density at radius 3 is 2.30 bits per heavy atom. The van der Waals surface area contributed by atoms with Crippen LogP contribution in [-0.4, -0.2) is 72.5 Å². The van der Waals surface area contributed by atoms with E-state index in [-0.39, 0.29) is 23.7 Å². The highest BCUT2D eigenvalue weighted by Gasteiger charge is 2.51. The van der Waals surface area contributed by atoms with E-state index in [2.05, 4.69) is 5.32 Å². The summed E-state index contributed by atoms with van der Waals surface area (Å²) in [6.07, 6.45) is 0.944. The first-order valence-corrected chi connectivity index (χ1v) is 12.9. The van der Waals surface area contributed by atoms with Gasteiger partial charge in [0.15, 0.2) is 5.78 Å². The van der Waals surface area contributed by atoms with Crippen LogP contribution in [0.1, 0.15) is 78.6 Å². The maximum atomic E-state index is 13.4. The van der Waals surface area contributed by atoms with Gasteiger partial charge in [-0.3, -0.25) is 14.6 Å². The number of nitrogens with zero attached hydrogens (tertiary/aromatic N) is 2. The quantitative estimate of drug-likeness (QED) is 0.339. The monoisotopic (exact) mass is 513 g/mol. The van der Waals surface area contributed by atoms with E-state index < -0.39 is 30.5 Å². The second-order valence-electron chi connectivity index (χ2n) is 11.2. The van der Waals surface area contributed by atoms with Crippen molar-refractivity contribution in [3.05, 3.63) is 23.8 Å². The molecular formula is C27H40BN3O6. The molecule has 0 spiro atoms. The van der Waals surface area contributed by atoms with Gasteiger partial charge in [0.25, 0.3) is 0 Å². The molecule has 0 saturated carbocycles. The number of hydrogen-bond donors (Lipinski definition) is 1. The first kappa shape index (κ1) is 28.9. The van der Waals surface area contributed by atoms with E-state index in [1.54, 1.807) is 17.0 Å². The number of hydrogen-bond acceptors (Lipinski definition) is 7. The van der Waals surface area contributed by atoms with E-state index >= 15 is 0 Å². The predicted octanol–water partition coefficient (Wildman–Crippen LogP) is 3.65. The second-order valence-corrected chi connectivity index (χ2v) is 11.2. The maximum absolute atomic E-state index is 13.4. The molecular weight excluding hydrogens is 473 g/mol. The lowest BCUT2D eigenvalue weighted by Crippen LogP contribution is -2.53. The number of benzene rings is 1. The lowest BCUT2D eigenvalue weighted by Gasteiger charge is -2.32. The molecule has 2 heterocycles. The number of Topliss-reactive ketones (excluding diaryl/α,β-unsaturated/α-hetero) is 1. The smallest absolute Gasteiger partial charge is 0.453 e. The van der Waals surface area contributed by atoms with E-state index in [0.29, 0.717) is 17.8 Å². The van der Waals surface area contributed by atoms with Gasteiger partial charge in [0.1, 0.15) is 6.04 Å². The average molecular weight is 513 g/mol. The van der Waals surface area contributed by atoms with Crippen molar-refractivity contribution >= 4 is 41.8 Å². The molecule has 37 heavy (non-hydrogen) atoms. The molecule has 1 aromatic carbocycles. The Labute approximate surface area is 220 Å². The lowest BCUT2D eigenvalue weighted by atomic mass is 9.78. The molecule has 0 aromatic heterocycles. The van der Waals surface area contributed by atoms with Crippen molar-refractivity contribution in [2.24, 2.45) is 10.9 Å². The normalized spacial score (nSPS) is 21.8. The van der Waals surface area contributed by atoms with E-state index in [4.69, 9.17) is 19.0 Å². The van der Waals surface area contributed by atoms with Crippen LogP contribution in [-0.2, 0) is 18.8 Å². The molecule has 0 aliphatic carbocycles. The number of carbonyl (C=O) groups excluding carboxylic acids is 3. The highest BCUT2D eigenvalue weighted by Crippen LogP contribution is 2.37. The van der Waals surface area contributed by atoms with Crippen molar-refractivity contribution in [2.45, 2.75) is 91.5 Å². The SMILES string of the molecule is COC(=O)N[C@H](C(=O)N1CCC[C@H]1/C(C)=N/c1ccc(B2OC(C)(C)C(C)(C)O2)cc1C(C)=O)C(C)C. The minimum absolute atomic E-state index is 0.114. The molecule has 9 nitrogen and oxygen atoms in total. The van der Waals surface area contributed by atoms with Gasteiger partial charge in [0.2, 0.25) is 5.91 Å². The lowest BCUT2D eigenvalue weighted by molar-refractivity contribution is -0.134. The van der Waals surface area contributed by atoms with Crippen LogP contribution in [0, 0.1) is 5.92 Å². The summed E-state index contributed by atoms with van der Waals surface area (Å²) >= 11 is 0. The molecule has 1 N–H and O–H groups in total. The first-order valence-electron chi connectivity index (χ1n) is 12.9. The van der Waals surface area contributed by atoms with Crippen molar-refractivity contribution in [1.29, 1.82) is 0 Å². The van der Waals surface area contributed by atoms with E-state index in [0.717, 1.165) is 24.0 Å². The van der Waals surface area contributed by atoms with E-state index in [1.165, 1.54) is 14.0 Å². The van der Waals surface area contributed by atoms with Crippen LogP contribution in [0.25, 0.3) is 0 Å². The number of ether oxygens (including phenoxy) is 1. The van der Waals surface area contributed by atoms with Crippen molar-refractivity contribution in [2.75, 3.05) is 13.7 Å². The largest absolute Gasteiger partial charge is 0.494 e. The number of carbonyl (C=O) groups is 3. The minimum atomic E-state index is -0.701. The summed E-state index contributed by atoms with van der Waals surface area (Å²) < 4.78 is 17.0. The number of aliphatic imine (C=N–C) groups is 1. The van der Waals surface area contributed by atoms with Crippen LogP contribution < -0.4 is 10.8 Å². The topological polar surface area (TPSA) is 107 Å². The Morgan fingerprint density at radius 2 is 1.76 bits per heavy atom. The van der Waals surface area contributed by atoms with Gasteiger partial charge < -0.3 is 24.3 Å². The summed E-state index contributed by atoms with van der Waals surface area (Å²) in [6, 6.07) is 4.53. The molecule has 2 amide bonds. The third-order valence-electron chi connectivity index (χ3n) is 7.63. The van der Waals surface area contributed by atoms with Crippen LogP contribution in [0.3, 0.4) is 0 Å². The number of ketones is 1. The zero-order chi connectivity index (χ0) is 27.7. The summed E-state index contributed by atoms with van der Waals surface area (Å²) in [5, 5.41) is 2.66. The maximum Gasteiger partial charge on any atom is 0.494 e. The van der Waals surface area contributed by atoms with Crippen molar-refractivity contribution in [3.63, 3.8) is 0 Å². The molecule has 0 radical (unpaired) electrons. The number of alkyl carbamates (subject to hydrolysis) is 1. The molecule has 2 fully saturated rings. The fraction of sp³-hybridized carbons (Fsp3) is 0.630. The number of rotatable bonds is 7. The van der Waals surface area contributed by atoms with Gasteiger partial charge in [-0.25, -0.2) is 4.79 Å². The number of methoxy groups -OCH3 is 1. The summed E-state index contributed by atoms with van der Waals surface area (Å²) in [4.78, 5) is 44.4.